The summed E-state index contributed by atoms with van der Waals surface area (Å²) in [4.78, 5) is 2.52. The highest BCUT2D eigenvalue weighted by Gasteiger charge is 2.35. The number of nitrogens with zero attached hydrogens (tertiary/aromatic N) is 4. The summed E-state index contributed by atoms with van der Waals surface area (Å²) in [5.41, 5.74) is 3.66. The zero-order valence-electron chi connectivity index (χ0n) is 14.6. The molecule has 6 nitrogen and oxygen atoms in total. The lowest BCUT2D eigenvalue weighted by Crippen LogP contribution is -2.48. The largest absolute Gasteiger partial charge is 0.462 e. The van der Waals surface area contributed by atoms with Crippen molar-refractivity contribution in [1.82, 2.24) is 19.9 Å². The third-order valence-corrected chi connectivity index (χ3v) is 5.77. The summed E-state index contributed by atoms with van der Waals surface area (Å²) >= 11 is 0. The minimum Gasteiger partial charge on any atom is -0.462 e. The summed E-state index contributed by atoms with van der Waals surface area (Å²) < 4.78 is 7.78. The lowest BCUT2D eigenvalue weighted by Gasteiger charge is -2.44. The molecule has 6 heteroatoms. The number of furan rings is 1. The van der Waals surface area contributed by atoms with Crippen LogP contribution in [0.25, 0.3) is 22.6 Å². The molecular weight excluding hydrogens is 328 g/mol. The van der Waals surface area contributed by atoms with E-state index < -0.39 is 0 Å². The minimum absolute atomic E-state index is 0.0342. The Bertz CT molecular complexity index is 908. The minimum atomic E-state index is 0.0342. The first-order valence-electron chi connectivity index (χ1n) is 9.23. The van der Waals surface area contributed by atoms with Crippen LogP contribution in [-0.2, 0) is 6.61 Å². The smallest absolute Gasteiger partial charge is 0.156 e. The Morgan fingerprint density at radius 3 is 2.81 bits per heavy atom. The molecular formula is C20H22N4O2. The van der Waals surface area contributed by atoms with Crippen molar-refractivity contribution in [2.75, 3.05) is 19.6 Å². The molecule has 0 amide bonds. The molecule has 1 aromatic carbocycles. The van der Waals surface area contributed by atoms with Crippen LogP contribution in [0.4, 0.5) is 0 Å². The van der Waals surface area contributed by atoms with E-state index in [1.165, 1.54) is 25.9 Å². The maximum atomic E-state index is 9.32. The molecule has 6 rings (SSSR count). The Balaban J connectivity index is 1.39. The molecule has 2 bridgehead atoms. The van der Waals surface area contributed by atoms with Crippen LogP contribution in [0.3, 0.4) is 0 Å². The molecule has 3 aromatic rings. The van der Waals surface area contributed by atoms with E-state index in [-0.39, 0.29) is 6.61 Å². The van der Waals surface area contributed by atoms with Gasteiger partial charge in [0, 0.05) is 12.1 Å². The number of aliphatic hydroxyl groups excluding tert-OH is 1. The first kappa shape index (κ1) is 15.8. The molecule has 2 aromatic heterocycles. The van der Waals surface area contributed by atoms with Gasteiger partial charge in [0.05, 0.1) is 25.1 Å². The highest BCUT2D eigenvalue weighted by molar-refractivity contribution is 5.68. The fourth-order valence-electron chi connectivity index (χ4n) is 4.26. The molecule has 1 atom stereocenters. The van der Waals surface area contributed by atoms with Gasteiger partial charge in [0.2, 0.25) is 0 Å². The van der Waals surface area contributed by atoms with E-state index in [1.807, 2.05) is 41.2 Å². The Kier molecular flexibility index (Phi) is 3.87. The van der Waals surface area contributed by atoms with Gasteiger partial charge in [-0.1, -0.05) is 23.4 Å². The third kappa shape index (κ3) is 2.75. The van der Waals surface area contributed by atoms with E-state index in [1.54, 1.807) is 6.26 Å². The number of piperidine rings is 3. The van der Waals surface area contributed by atoms with Gasteiger partial charge in [-0.3, -0.25) is 0 Å². The van der Waals surface area contributed by atoms with Gasteiger partial charge >= 0.3 is 0 Å². The van der Waals surface area contributed by atoms with E-state index in [0.717, 1.165) is 34.7 Å². The molecule has 3 aliphatic rings. The Morgan fingerprint density at radius 2 is 2.04 bits per heavy atom. The molecule has 0 spiro atoms. The molecule has 1 unspecified atom stereocenters. The predicted molar refractivity (Wildman–Crippen MR) is 97.3 cm³/mol. The molecule has 0 aliphatic carbocycles. The van der Waals surface area contributed by atoms with Crippen LogP contribution in [0, 0.1) is 5.92 Å². The van der Waals surface area contributed by atoms with Crippen LogP contribution >= 0.6 is 0 Å². The van der Waals surface area contributed by atoms with Crippen molar-refractivity contribution in [3.8, 4) is 22.6 Å². The number of hydrogen-bond acceptors (Lipinski definition) is 5. The Hall–Kier alpha value is -2.44. The van der Waals surface area contributed by atoms with Crippen molar-refractivity contribution >= 4 is 0 Å². The number of aliphatic hydroxyl groups is 1. The molecule has 1 N–H and O–H groups in total. The molecule has 0 radical (unpaired) electrons. The maximum Gasteiger partial charge on any atom is 0.156 e. The second-order valence-electron chi connectivity index (χ2n) is 7.35. The predicted octanol–water partition coefficient (Wildman–Crippen LogP) is 2.96. The van der Waals surface area contributed by atoms with Gasteiger partial charge < -0.3 is 14.4 Å². The average Bonchev–Trinajstić information content (AvgIpc) is 3.38. The molecule has 5 heterocycles. The van der Waals surface area contributed by atoms with Crippen molar-refractivity contribution in [2.45, 2.75) is 25.5 Å². The van der Waals surface area contributed by atoms with Crippen LogP contribution in [0.5, 0.6) is 0 Å². The zero-order chi connectivity index (χ0) is 17.5. The summed E-state index contributed by atoms with van der Waals surface area (Å²) in [5.74, 6) is 1.44. The number of aromatic nitrogens is 3. The van der Waals surface area contributed by atoms with Gasteiger partial charge in [0.15, 0.2) is 5.76 Å². The van der Waals surface area contributed by atoms with Gasteiger partial charge in [-0.05, 0) is 55.1 Å². The summed E-state index contributed by atoms with van der Waals surface area (Å²) in [6.07, 6.45) is 6.26. The second-order valence-corrected chi connectivity index (χ2v) is 7.35. The number of rotatable bonds is 4. The molecule has 0 saturated carbocycles. The SMILES string of the molecule is OCc1cccc(-c2coc(-c3cn(C4CN5CCC4CC5)nn3)c2)c1. The van der Waals surface area contributed by atoms with E-state index >= 15 is 0 Å². The van der Waals surface area contributed by atoms with E-state index in [9.17, 15) is 5.11 Å². The quantitative estimate of drug-likeness (QED) is 0.783. The second kappa shape index (κ2) is 6.37. The monoisotopic (exact) mass is 350 g/mol. The summed E-state index contributed by atoms with van der Waals surface area (Å²) in [5, 5.41) is 18.1. The van der Waals surface area contributed by atoms with Gasteiger partial charge in [0.25, 0.3) is 0 Å². The van der Waals surface area contributed by atoms with Crippen molar-refractivity contribution in [3.63, 3.8) is 0 Å². The fraction of sp³-hybridized carbons (Fsp3) is 0.400. The van der Waals surface area contributed by atoms with Crippen molar-refractivity contribution < 1.29 is 9.52 Å². The average molecular weight is 350 g/mol. The topological polar surface area (TPSA) is 67.3 Å². The van der Waals surface area contributed by atoms with Crippen LogP contribution < -0.4 is 0 Å². The zero-order valence-corrected chi connectivity index (χ0v) is 14.6. The van der Waals surface area contributed by atoms with Crippen LogP contribution in [0.15, 0.2) is 47.2 Å². The molecule has 3 saturated heterocycles. The van der Waals surface area contributed by atoms with E-state index in [4.69, 9.17) is 4.42 Å². The number of hydrogen-bond donors (Lipinski definition) is 1. The van der Waals surface area contributed by atoms with Gasteiger partial charge in [-0.15, -0.1) is 5.10 Å². The van der Waals surface area contributed by atoms with Crippen molar-refractivity contribution in [2.24, 2.45) is 5.92 Å². The standard InChI is InChI=1S/C20H22N4O2/c25-12-14-2-1-3-16(8-14)17-9-20(26-13-17)18-10-24(22-21-18)19-11-23-6-4-15(19)5-7-23/h1-3,8-10,13,15,19,25H,4-7,11-12H2. The number of fused-ring (bicyclic) bond motifs is 3. The number of benzene rings is 1. The van der Waals surface area contributed by atoms with Crippen molar-refractivity contribution in [3.05, 3.63) is 48.4 Å². The molecule has 134 valence electrons. The van der Waals surface area contributed by atoms with E-state index in [2.05, 4.69) is 15.2 Å². The third-order valence-electron chi connectivity index (χ3n) is 5.77. The van der Waals surface area contributed by atoms with Gasteiger partial charge in [0.1, 0.15) is 5.69 Å². The summed E-state index contributed by atoms with van der Waals surface area (Å²) in [6.45, 7) is 3.55. The normalized spacial score (nSPS) is 24.9. The van der Waals surface area contributed by atoms with E-state index in [0.29, 0.717) is 12.0 Å². The molecule has 3 fully saturated rings. The first-order valence-corrected chi connectivity index (χ1v) is 9.23. The van der Waals surface area contributed by atoms with Gasteiger partial charge in [-0.25, -0.2) is 4.68 Å². The lowest BCUT2D eigenvalue weighted by atomic mass is 9.84. The highest BCUT2D eigenvalue weighted by atomic mass is 16.3. The fourth-order valence-corrected chi connectivity index (χ4v) is 4.26. The summed E-state index contributed by atoms with van der Waals surface area (Å²) in [6, 6.07) is 10.2. The van der Waals surface area contributed by atoms with Gasteiger partial charge in [-0.2, -0.15) is 0 Å². The maximum absolute atomic E-state index is 9.32. The lowest BCUT2D eigenvalue weighted by molar-refractivity contribution is 0.0504. The van der Waals surface area contributed by atoms with Crippen LogP contribution in [-0.4, -0.2) is 44.6 Å². The van der Waals surface area contributed by atoms with Crippen LogP contribution in [0.2, 0.25) is 0 Å². The molecule has 3 aliphatic heterocycles. The first-order chi connectivity index (χ1) is 12.8. The highest BCUT2D eigenvalue weighted by Crippen LogP contribution is 2.36. The van der Waals surface area contributed by atoms with Crippen molar-refractivity contribution in [1.29, 1.82) is 0 Å². The molecule has 26 heavy (non-hydrogen) atoms. The Morgan fingerprint density at radius 1 is 1.15 bits per heavy atom. The summed E-state index contributed by atoms with van der Waals surface area (Å²) in [7, 11) is 0. The Labute approximate surface area is 152 Å². The van der Waals surface area contributed by atoms with Crippen LogP contribution in [0.1, 0.15) is 24.4 Å².